The number of carbonyl (C=O) groups excluding carboxylic acids is 1. The van der Waals surface area contributed by atoms with Crippen LogP contribution in [0.1, 0.15) is 10.8 Å². The lowest BCUT2D eigenvalue weighted by atomic mass is 10.1. The van der Waals surface area contributed by atoms with E-state index in [0.717, 1.165) is 11.3 Å². The number of aromatic nitrogens is 3. The second-order valence-corrected chi connectivity index (χ2v) is 7.52. The minimum Gasteiger partial charge on any atom is -0.497 e. The summed E-state index contributed by atoms with van der Waals surface area (Å²) in [6.07, 6.45) is 1.65. The van der Waals surface area contributed by atoms with Gasteiger partial charge in [-0.05, 0) is 29.8 Å². The lowest BCUT2D eigenvalue weighted by Crippen LogP contribution is -2.19. The molecule has 30 heavy (non-hydrogen) atoms. The van der Waals surface area contributed by atoms with Crippen molar-refractivity contribution >= 4 is 23.4 Å². The van der Waals surface area contributed by atoms with Crippen molar-refractivity contribution in [3.8, 4) is 11.4 Å². The van der Waals surface area contributed by atoms with Crippen molar-refractivity contribution < 1.29 is 9.53 Å². The van der Waals surface area contributed by atoms with Gasteiger partial charge in [0.15, 0.2) is 5.16 Å². The molecule has 0 saturated heterocycles. The van der Waals surface area contributed by atoms with Crippen LogP contribution in [-0.4, -0.2) is 27.8 Å². The average Bonchev–Trinajstić information content (AvgIpc) is 3.27. The number of amides is 1. The first-order chi connectivity index (χ1) is 14.7. The molecule has 0 unspecified atom stereocenters. The van der Waals surface area contributed by atoms with Crippen LogP contribution in [0.2, 0.25) is 0 Å². The average molecular weight is 417 g/mol. The highest BCUT2D eigenvalue weighted by atomic mass is 32.2. The second kappa shape index (κ2) is 9.28. The number of nitrogens with zero attached hydrogens (tertiary/aromatic N) is 3. The molecule has 0 radical (unpaired) electrons. The highest BCUT2D eigenvalue weighted by molar-refractivity contribution is 8.00. The van der Waals surface area contributed by atoms with Crippen molar-refractivity contribution in [3.63, 3.8) is 0 Å². The predicted octanol–water partition coefficient (Wildman–Crippen LogP) is 4.75. The minimum absolute atomic E-state index is 0.151. The molecule has 7 heteroatoms. The number of thioether (sulfide) groups is 1. The van der Waals surface area contributed by atoms with Crippen molar-refractivity contribution in [2.75, 3.05) is 12.4 Å². The van der Waals surface area contributed by atoms with Crippen LogP contribution in [0.5, 0.6) is 5.75 Å². The standard InChI is InChI=1S/C23H20N4O2S/c1-29-20-14-8-11-18(15-20)25-22(28)21(17-9-4-2-5-10-17)30-23-26-24-16-27(23)19-12-6-3-7-13-19/h2-16,21H,1H3,(H,25,28)/t21-/m0/s1. The lowest BCUT2D eigenvalue weighted by Gasteiger charge is -2.17. The Morgan fingerprint density at radius 1 is 1.00 bits per heavy atom. The number of methoxy groups -OCH3 is 1. The third-order valence-corrected chi connectivity index (χ3v) is 5.66. The Kier molecular flexibility index (Phi) is 6.10. The molecule has 0 aliphatic heterocycles. The van der Waals surface area contributed by atoms with Gasteiger partial charge in [-0.15, -0.1) is 10.2 Å². The Morgan fingerprint density at radius 2 is 1.73 bits per heavy atom. The van der Waals surface area contributed by atoms with E-state index in [1.807, 2.05) is 83.4 Å². The van der Waals surface area contributed by atoms with Crippen LogP contribution in [-0.2, 0) is 4.79 Å². The summed E-state index contributed by atoms with van der Waals surface area (Å²) >= 11 is 1.35. The van der Waals surface area contributed by atoms with E-state index in [1.165, 1.54) is 11.8 Å². The van der Waals surface area contributed by atoms with E-state index < -0.39 is 5.25 Å². The fourth-order valence-electron chi connectivity index (χ4n) is 2.99. The van der Waals surface area contributed by atoms with E-state index in [1.54, 1.807) is 19.5 Å². The zero-order chi connectivity index (χ0) is 20.8. The first kappa shape index (κ1) is 19.7. The fraction of sp³-hybridized carbons (Fsp3) is 0.0870. The SMILES string of the molecule is COc1cccc(NC(=O)[C@@H](Sc2nncn2-c2ccccc2)c2ccccc2)c1. The van der Waals surface area contributed by atoms with Crippen LogP contribution >= 0.6 is 11.8 Å². The first-order valence-corrected chi connectivity index (χ1v) is 10.2. The summed E-state index contributed by atoms with van der Waals surface area (Å²) in [5, 5.41) is 11.4. The number of carbonyl (C=O) groups is 1. The maximum absolute atomic E-state index is 13.3. The Labute approximate surface area is 178 Å². The molecule has 0 aliphatic rings. The number of hydrogen-bond donors (Lipinski definition) is 1. The zero-order valence-corrected chi connectivity index (χ0v) is 17.1. The Balaban J connectivity index is 1.63. The first-order valence-electron chi connectivity index (χ1n) is 9.36. The number of rotatable bonds is 7. The summed E-state index contributed by atoms with van der Waals surface area (Å²) in [7, 11) is 1.60. The molecule has 0 spiro atoms. The van der Waals surface area contributed by atoms with Gasteiger partial charge in [0, 0.05) is 17.4 Å². The number of ether oxygens (including phenoxy) is 1. The van der Waals surface area contributed by atoms with Crippen molar-refractivity contribution in [1.82, 2.24) is 14.8 Å². The molecule has 0 aliphatic carbocycles. The number of anilines is 1. The van der Waals surface area contributed by atoms with Crippen molar-refractivity contribution in [2.24, 2.45) is 0 Å². The van der Waals surface area contributed by atoms with E-state index in [0.29, 0.717) is 16.6 Å². The van der Waals surface area contributed by atoms with Crippen LogP contribution in [0.3, 0.4) is 0 Å². The molecule has 1 heterocycles. The molecular weight excluding hydrogens is 396 g/mol. The minimum atomic E-state index is -0.510. The highest BCUT2D eigenvalue weighted by Gasteiger charge is 2.25. The summed E-state index contributed by atoms with van der Waals surface area (Å²) in [6.45, 7) is 0. The van der Waals surface area contributed by atoms with Crippen molar-refractivity contribution in [3.05, 3.63) is 96.8 Å². The molecule has 1 N–H and O–H groups in total. The Bertz CT molecular complexity index is 1120. The monoisotopic (exact) mass is 416 g/mol. The summed E-state index contributed by atoms with van der Waals surface area (Å²) in [5.74, 6) is 0.530. The van der Waals surface area contributed by atoms with Crippen LogP contribution in [0, 0.1) is 0 Å². The molecule has 6 nitrogen and oxygen atoms in total. The van der Waals surface area contributed by atoms with E-state index in [4.69, 9.17) is 4.74 Å². The van der Waals surface area contributed by atoms with Crippen LogP contribution in [0.4, 0.5) is 5.69 Å². The highest BCUT2D eigenvalue weighted by Crippen LogP contribution is 2.36. The van der Waals surface area contributed by atoms with E-state index in [2.05, 4.69) is 15.5 Å². The van der Waals surface area contributed by atoms with Gasteiger partial charge in [-0.3, -0.25) is 9.36 Å². The topological polar surface area (TPSA) is 69.0 Å². The Morgan fingerprint density at radius 3 is 2.47 bits per heavy atom. The fourth-order valence-corrected chi connectivity index (χ4v) is 4.02. The molecule has 1 aromatic heterocycles. The van der Waals surface area contributed by atoms with Gasteiger partial charge in [0.1, 0.15) is 17.3 Å². The molecule has 4 aromatic rings. The molecule has 150 valence electrons. The quantitative estimate of drug-likeness (QED) is 0.441. The molecule has 1 amide bonds. The maximum atomic E-state index is 13.3. The third kappa shape index (κ3) is 4.52. The Hall–Kier alpha value is -3.58. The number of hydrogen-bond acceptors (Lipinski definition) is 5. The van der Waals surface area contributed by atoms with Crippen LogP contribution in [0.15, 0.2) is 96.4 Å². The molecule has 4 rings (SSSR count). The normalized spacial score (nSPS) is 11.6. The molecular formula is C23H20N4O2S. The maximum Gasteiger partial charge on any atom is 0.242 e. The van der Waals surface area contributed by atoms with Gasteiger partial charge >= 0.3 is 0 Å². The molecule has 0 bridgehead atoms. The smallest absolute Gasteiger partial charge is 0.242 e. The van der Waals surface area contributed by atoms with Gasteiger partial charge in [0.2, 0.25) is 5.91 Å². The van der Waals surface area contributed by atoms with Gasteiger partial charge in [0.05, 0.1) is 7.11 Å². The van der Waals surface area contributed by atoms with Gasteiger partial charge < -0.3 is 10.1 Å². The van der Waals surface area contributed by atoms with Crippen molar-refractivity contribution in [1.29, 1.82) is 0 Å². The van der Waals surface area contributed by atoms with E-state index >= 15 is 0 Å². The predicted molar refractivity (Wildman–Crippen MR) is 118 cm³/mol. The molecule has 1 atom stereocenters. The van der Waals surface area contributed by atoms with Crippen LogP contribution < -0.4 is 10.1 Å². The number of nitrogens with one attached hydrogen (secondary N) is 1. The third-order valence-electron chi connectivity index (χ3n) is 4.45. The van der Waals surface area contributed by atoms with Crippen LogP contribution in [0.25, 0.3) is 5.69 Å². The lowest BCUT2D eigenvalue weighted by molar-refractivity contribution is -0.115. The molecule has 0 saturated carbocycles. The summed E-state index contributed by atoms with van der Waals surface area (Å²) in [5.41, 5.74) is 2.49. The van der Waals surface area contributed by atoms with E-state index in [9.17, 15) is 4.79 Å². The largest absolute Gasteiger partial charge is 0.497 e. The summed E-state index contributed by atoms with van der Waals surface area (Å²) in [4.78, 5) is 13.3. The summed E-state index contributed by atoms with van der Waals surface area (Å²) < 4.78 is 7.13. The van der Waals surface area contributed by atoms with Gasteiger partial charge in [-0.2, -0.15) is 0 Å². The molecule has 3 aromatic carbocycles. The summed E-state index contributed by atoms with van der Waals surface area (Å²) in [6, 6.07) is 26.7. The van der Waals surface area contributed by atoms with Gasteiger partial charge in [-0.1, -0.05) is 66.4 Å². The van der Waals surface area contributed by atoms with E-state index in [-0.39, 0.29) is 5.91 Å². The number of para-hydroxylation sites is 1. The number of benzene rings is 3. The second-order valence-electron chi connectivity index (χ2n) is 6.45. The van der Waals surface area contributed by atoms with Crippen molar-refractivity contribution in [2.45, 2.75) is 10.4 Å². The zero-order valence-electron chi connectivity index (χ0n) is 16.3. The van der Waals surface area contributed by atoms with Gasteiger partial charge in [0.25, 0.3) is 0 Å². The molecule has 0 fully saturated rings. The van der Waals surface area contributed by atoms with Gasteiger partial charge in [-0.25, -0.2) is 0 Å².